The first-order valence-corrected chi connectivity index (χ1v) is 14.9. The van der Waals surface area contributed by atoms with Crippen LogP contribution in [-0.4, -0.2) is 85.0 Å². The van der Waals surface area contributed by atoms with Gasteiger partial charge in [0.2, 0.25) is 0 Å². The van der Waals surface area contributed by atoms with E-state index < -0.39 is 21.4 Å². The number of hydrogen-bond donors (Lipinski definition) is 0. The molecule has 2 saturated heterocycles. The Morgan fingerprint density at radius 1 is 1.13 bits per heavy atom. The average molecular weight is 553 g/mol. The van der Waals surface area contributed by atoms with Gasteiger partial charge in [-0.3, -0.25) is 9.69 Å². The normalized spacial score (nSPS) is 25.5. The monoisotopic (exact) mass is 552 g/mol. The average Bonchev–Trinajstić information content (AvgIpc) is 3.63. The van der Waals surface area contributed by atoms with Crippen LogP contribution in [0.4, 0.5) is 4.39 Å². The van der Waals surface area contributed by atoms with Crippen molar-refractivity contribution in [2.45, 2.75) is 48.7 Å². The van der Waals surface area contributed by atoms with Gasteiger partial charge in [-0.15, -0.1) is 0 Å². The van der Waals surface area contributed by atoms with Gasteiger partial charge in [-0.1, -0.05) is 24.3 Å². The summed E-state index contributed by atoms with van der Waals surface area (Å²) >= 11 is 0. The zero-order valence-corrected chi connectivity index (χ0v) is 22.4. The molecule has 0 radical (unpaired) electrons. The van der Waals surface area contributed by atoms with Crippen molar-refractivity contribution in [1.82, 2.24) is 19.6 Å². The van der Waals surface area contributed by atoms with Crippen molar-refractivity contribution in [2.75, 3.05) is 32.9 Å². The van der Waals surface area contributed by atoms with Crippen LogP contribution in [0.1, 0.15) is 35.0 Å². The molecular weight excluding hydrogens is 523 g/mol. The Morgan fingerprint density at radius 2 is 1.95 bits per heavy atom. The highest BCUT2D eigenvalue weighted by Gasteiger charge is 2.49. The third-order valence-corrected chi connectivity index (χ3v) is 9.86. The first kappa shape index (κ1) is 24.9. The van der Waals surface area contributed by atoms with E-state index in [0.717, 1.165) is 31.1 Å². The summed E-state index contributed by atoms with van der Waals surface area (Å²) in [5.41, 5.74) is 2.87. The van der Waals surface area contributed by atoms with E-state index >= 15 is 0 Å². The molecule has 204 valence electrons. The number of amides is 1. The van der Waals surface area contributed by atoms with E-state index in [-0.39, 0.29) is 34.2 Å². The molecule has 1 aliphatic carbocycles. The molecule has 1 amide bonds. The molecule has 1 saturated carbocycles. The molecule has 7 rings (SSSR count). The standard InChI is InChI=1S/C28H29FN4O5S/c1-17-15-37-11-9-31(17)14-18-5-7-19(8-6-18)33-26-20-3-2-4-22(29)27(20)39(35,36)16-21(26)25(30-33)28(34)32-10-12-38-24-13-23(24)32/h2-8,17,23-24H,9-16H2,1H3/t17-,23?,24?/m1/s1. The van der Waals surface area contributed by atoms with E-state index in [1.54, 1.807) is 15.6 Å². The molecule has 4 aliphatic rings. The van der Waals surface area contributed by atoms with Crippen LogP contribution < -0.4 is 0 Å². The Bertz CT molecular complexity index is 1570. The topological polar surface area (TPSA) is 94.0 Å². The van der Waals surface area contributed by atoms with Crippen LogP contribution in [0.2, 0.25) is 0 Å². The van der Waals surface area contributed by atoms with Crippen molar-refractivity contribution >= 4 is 15.7 Å². The van der Waals surface area contributed by atoms with E-state index in [2.05, 4.69) is 11.8 Å². The Hall–Kier alpha value is -3.12. The number of sulfone groups is 1. The van der Waals surface area contributed by atoms with Crippen molar-refractivity contribution in [2.24, 2.45) is 0 Å². The predicted molar refractivity (Wildman–Crippen MR) is 140 cm³/mol. The van der Waals surface area contributed by atoms with Crippen LogP contribution in [0.15, 0.2) is 47.4 Å². The number of benzene rings is 2. The summed E-state index contributed by atoms with van der Waals surface area (Å²) in [7, 11) is -4.01. The van der Waals surface area contributed by atoms with E-state index in [9.17, 15) is 17.6 Å². The van der Waals surface area contributed by atoms with Crippen LogP contribution in [0.25, 0.3) is 16.9 Å². The Labute approximate surface area is 226 Å². The molecule has 0 N–H and O–H groups in total. The minimum absolute atomic E-state index is 0.0150. The Balaban J connectivity index is 1.32. The quantitative estimate of drug-likeness (QED) is 0.491. The highest BCUT2D eigenvalue weighted by atomic mass is 32.2. The molecule has 39 heavy (non-hydrogen) atoms. The smallest absolute Gasteiger partial charge is 0.275 e. The van der Waals surface area contributed by atoms with Gasteiger partial charge in [0.05, 0.1) is 49.1 Å². The summed E-state index contributed by atoms with van der Waals surface area (Å²) < 4.78 is 54.2. The molecule has 9 nitrogen and oxygen atoms in total. The summed E-state index contributed by atoms with van der Waals surface area (Å²) in [5, 5.41) is 4.71. The lowest BCUT2D eigenvalue weighted by Crippen LogP contribution is -2.42. The first-order chi connectivity index (χ1) is 18.8. The molecular formula is C28H29FN4O5S. The molecule has 0 bridgehead atoms. The number of nitrogens with zero attached hydrogens (tertiary/aromatic N) is 4. The van der Waals surface area contributed by atoms with Crippen molar-refractivity contribution < 1.29 is 27.1 Å². The minimum atomic E-state index is -4.01. The Morgan fingerprint density at radius 3 is 2.74 bits per heavy atom. The molecule has 11 heteroatoms. The summed E-state index contributed by atoms with van der Waals surface area (Å²) in [5.74, 6) is -1.60. The Kier molecular flexibility index (Phi) is 5.89. The number of aromatic nitrogens is 2. The fourth-order valence-electron chi connectivity index (χ4n) is 5.99. The van der Waals surface area contributed by atoms with Gasteiger partial charge in [-0.25, -0.2) is 17.5 Å². The van der Waals surface area contributed by atoms with E-state index in [0.29, 0.717) is 49.4 Å². The molecule has 1 aromatic heterocycles. The van der Waals surface area contributed by atoms with Crippen molar-refractivity contribution in [1.29, 1.82) is 0 Å². The van der Waals surface area contributed by atoms with Crippen molar-refractivity contribution in [3.05, 3.63) is 65.1 Å². The molecule has 0 spiro atoms. The van der Waals surface area contributed by atoms with Crippen LogP contribution in [0.3, 0.4) is 0 Å². The van der Waals surface area contributed by atoms with Gasteiger partial charge >= 0.3 is 0 Å². The van der Waals surface area contributed by atoms with E-state index in [4.69, 9.17) is 14.6 Å². The highest BCUT2D eigenvalue weighted by Crippen LogP contribution is 2.43. The fourth-order valence-corrected chi connectivity index (χ4v) is 7.66. The maximum Gasteiger partial charge on any atom is 0.275 e. The number of morpholine rings is 2. The maximum absolute atomic E-state index is 14.9. The van der Waals surface area contributed by atoms with Crippen LogP contribution >= 0.6 is 0 Å². The highest BCUT2D eigenvalue weighted by molar-refractivity contribution is 7.91. The van der Waals surface area contributed by atoms with Gasteiger partial charge in [-0.05, 0) is 37.1 Å². The number of fused-ring (bicyclic) bond motifs is 4. The van der Waals surface area contributed by atoms with E-state index in [1.807, 2.05) is 24.3 Å². The van der Waals surface area contributed by atoms with Gasteiger partial charge in [0, 0.05) is 36.8 Å². The van der Waals surface area contributed by atoms with Crippen molar-refractivity contribution in [3.63, 3.8) is 0 Å². The molecule has 3 aromatic rings. The van der Waals surface area contributed by atoms with Gasteiger partial charge in [-0.2, -0.15) is 5.10 Å². The predicted octanol–water partition coefficient (Wildman–Crippen LogP) is 2.80. The first-order valence-electron chi connectivity index (χ1n) is 13.3. The molecule has 2 aromatic carbocycles. The molecule has 3 atom stereocenters. The number of hydrogen-bond acceptors (Lipinski definition) is 7. The number of carbonyl (C=O) groups is 1. The number of halogens is 1. The largest absolute Gasteiger partial charge is 0.379 e. The zero-order chi connectivity index (χ0) is 26.9. The van der Waals surface area contributed by atoms with Gasteiger partial charge in [0.15, 0.2) is 15.5 Å². The van der Waals surface area contributed by atoms with Gasteiger partial charge < -0.3 is 14.4 Å². The zero-order valence-electron chi connectivity index (χ0n) is 21.5. The van der Waals surface area contributed by atoms with Crippen LogP contribution in [0, 0.1) is 5.82 Å². The fraction of sp³-hybridized carbons (Fsp3) is 0.429. The summed E-state index contributed by atoms with van der Waals surface area (Å²) in [4.78, 5) is 17.5. The SMILES string of the molecule is C[C@@H]1COCCN1Cc1ccc(-n2nc(C(=O)N3CCOC4CC43)c3c2-c2cccc(F)c2S(=O)(=O)C3)cc1. The second-order valence-corrected chi connectivity index (χ2v) is 12.7. The lowest BCUT2D eigenvalue weighted by Gasteiger charge is -2.33. The van der Waals surface area contributed by atoms with Crippen molar-refractivity contribution in [3.8, 4) is 16.9 Å². The second kappa shape index (κ2) is 9.22. The summed E-state index contributed by atoms with van der Waals surface area (Å²) in [6.45, 7) is 6.06. The third kappa shape index (κ3) is 4.19. The molecule has 3 aliphatic heterocycles. The molecule has 3 fully saturated rings. The number of ether oxygens (including phenoxy) is 2. The molecule has 2 unspecified atom stereocenters. The number of rotatable bonds is 4. The van der Waals surface area contributed by atoms with Gasteiger partial charge in [0.1, 0.15) is 10.7 Å². The second-order valence-electron chi connectivity index (χ2n) is 10.7. The van der Waals surface area contributed by atoms with Crippen LogP contribution in [0.5, 0.6) is 0 Å². The number of carbonyl (C=O) groups excluding carboxylic acids is 1. The lowest BCUT2D eigenvalue weighted by molar-refractivity contribution is -0.00436. The summed E-state index contributed by atoms with van der Waals surface area (Å²) in [6.07, 6.45) is 0.797. The third-order valence-electron chi connectivity index (χ3n) is 8.15. The minimum Gasteiger partial charge on any atom is -0.379 e. The lowest BCUT2D eigenvalue weighted by atomic mass is 10.0. The molecule has 4 heterocycles. The van der Waals surface area contributed by atoms with Gasteiger partial charge in [0.25, 0.3) is 5.91 Å². The maximum atomic E-state index is 14.9. The van der Waals surface area contributed by atoms with Crippen LogP contribution in [-0.2, 0) is 31.6 Å². The summed E-state index contributed by atoms with van der Waals surface area (Å²) in [6, 6.07) is 12.4. The van der Waals surface area contributed by atoms with E-state index in [1.165, 1.54) is 6.07 Å².